The lowest BCUT2D eigenvalue weighted by atomic mass is 9.84. The lowest BCUT2D eigenvalue weighted by Crippen LogP contribution is -2.45. The fourth-order valence-corrected chi connectivity index (χ4v) is 3.52. The van der Waals surface area contributed by atoms with Crippen molar-refractivity contribution in [1.29, 1.82) is 0 Å². The van der Waals surface area contributed by atoms with Crippen LogP contribution in [0.4, 0.5) is 0 Å². The van der Waals surface area contributed by atoms with Crippen LogP contribution in [0.25, 0.3) is 0 Å². The van der Waals surface area contributed by atoms with Crippen LogP contribution in [0.2, 0.25) is 0 Å². The molecule has 0 aromatic carbocycles. The lowest BCUT2D eigenvalue weighted by molar-refractivity contribution is -0.130. The van der Waals surface area contributed by atoms with Crippen LogP contribution in [0, 0.1) is 17.8 Å². The van der Waals surface area contributed by atoms with Gasteiger partial charge in [-0.15, -0.1) is 12.4 Å². The number of nitrogens with one attached hydrogen (secondary N) is 1. The molecule has 5 nitrogen and oxygen atoms in total. The molecule has 4 atom stereocenters. The highest BCUT2D eigenvalue weighted by atomic mass is 35.5. The third-order valence-electron chi connectivity index (χ3n) is 4.65. The van der Waals surface area contributed by atoms with Crippen LogP contribution in [0.5, 0.6) is 0 Å². The third-order valence-corrected chi connectivity index (χ3v) is 4.65. The SMILES string of the molecule is CN(C)C(=O)CCCNC(=O)C1C2CCC(C2)C1N.Cl. The Morgan fingerprint density at radius 1 is 1.25 bits per heavy atom. The van der Waals surface area contributed by atoms with Gasteiger partial charge in [-0.3, -0.25) is 9.59 Å². The number of rotatable bonds is 5. The van der Waals surface area contributed by atoms with E-state index in [9.17, 15) is 9.59 Å². The van der Waals surface area contributed by atoms with Crippen molar-refractivity contribution in [2.24, 2.45) is 23.5 Å². The van der Waals surface area contributed by atoms with E-state index in [1.165, 1.54) is 6.42 Å². The first-order valence-corrected chi connectivity index (χ1v) is 7.24. The molecule has 20 heavy (non-hydrogen) atoms. The Labute approximate surface area is 127 Å². The molecule has 0 heterocycles. The summed E-state index contributed by atoms with van der Waals surface area (Å²) in [6.45, 7) is 0.568. The predicted octanol–water partition coefficient (Wildman–Crippen LogP) is 0.766. The molecule has 2 saturated carbocycles. The van der Waals surface area contributed by atoms with E-state index < -0.39 is 0 Å². The van der Waals surface area contributed by atoms with Gasteiger partial charge in [-0.25, -0.2) is 0 Å². The molecular formula is C14H26ClN3O2. The monoisotopic (exact) mass is 303 g/mol. The number of halogens is 1. The van der Waals surface area contributed by atoms with Crippen LogP contribution in [0.3, 0.4) is 0 Å². The number of nitrogens with two attached hydrogens (primary N) is 1. The number of fused-ring (bicyclic) bond motifs is 2. The number of carbonyl (C=O) groups is 2. The topological polar surface area (TPSA) is 75.4 Å². The van der Waals surface area contributed by atoms with Gasteiger partial charge in [0.05, 0.1) is 5.92 Å². The van der Waals surface area contributed by atoms with Crippen LogP contribution in [0.1, 0.15) is 32.1 Å². The van der Waals surface area contributed by atoms with Gasteiger partial charge in [0.25, 0.3) is 0 Å². The summed E-state index contributed by atoms with van der Waals surface area (Å²) in [5, 5.41) is 2.94. The van der Waals surface area contributed by atoms with Gasteiger partial charge in [0.1, 0.15) is 0 Å². The molecule has 2 bridgehead atoms. The summed E-state index contributed by atoms with van der Waals surface area (Å²) < 4.78 is 0. The van der Waals surface area contributed by atoms with Gasteiger partial charge in [0.2, 0.25) is 11.8 Å². The normalized spacial score (nSPS) is 30.8. The molecule has 0 saturated heterocycles. The molecule has 4 unspecified atom stereocenters. The Kier molecular flexibility index (Phi) is 6.27. The van der Waals surface area contributed by atoms with Gasteiger partial charge in [0, 0.05) is 33.1 Å². The van der Waals surface area contributed by atoms with E-state index in [0.717, 1.165) is 12.8 Å². The molecule has 3 N–H and O–H groups in total. The van der Waals surface area contributed by atoms with E-state index in [4.69, 9.17) is 5.73 Å². The highest BCUT2D eigenvalue weighted by Crippen LogP contribution is 2.47. The second-order valence-electron chi connectivity index (χ2n) is 6.12. The summed E-state index contributed by atoms with van der Waals surface area (Å²) in [4.78, 5) is 25.1. The van der Waals surface area contributed by atoms with Gasteiger partial charge < -0.3 is 16.0 Å². The van der Waals surface area contributed by atoms with E-state index in [-0.39, 0.29) is 36.2 Å². The highest BCUT2D eigenvalue weighted by Gasteiger charge is 2.48. The molecular weight excluding hydrogens is 278 g/mol. The van der Waals surface area contributed by atoms with E-state index in [1.807, 2.05) is 0 Å². The number of hydrogen-bond donors (Lipinski definition) is 2. The fourth-order valence-electron chi connectivity index (χ4n) is 3.52. The van der Waals surface area contributed by atoms with Gasteiger partial charge in [-0.1, -0.05) is 0 Å². The standard InChI is InChI=1S/C14H25N3O2.ClH/c1-17(2)11(18)4-3-7-16-14(19)12-9-5-6-10(8-9)13(12)15;/h9-10,12-13H,3-8,15H2,1-2H3,(H,16,19);1H. The van der Waals surface area contributed by atoms with Crippen molar-refractivity contribution >= 4 is 24.2 Å². The lowest BCUT2D eigenvalue weighted by Gasteiger charge is -2.27. The molecule has 0 radical (unpaired) electrons. The minimum atomic E-state index is 0. The van der Waals surface area contributed by atoms with Crippen LogP contribution < -0.4 is 11.1 Å². The number of hydrogen-bond acceptors (Lipinski definition) is 3. The Morgan fingerprint density at radius 2 is 1.90 bits per heavy atom. The molecule has 0 spiro atoms. The van der Waals surface area contributed by atoms with Crippen molar-refractivity contribution in [3.63, 3.8) is 0 Å². The van der Waals surface area contributed by atoms with E-state index in [0.29, 0.717) is 31.2 Å². The maximum atomic E-state index is 12.1. The predicted molar refractivity (Wildman–Crippen MR) is 80.5 cm³/mol. The molecule has 0 aromatic rings. The first-order chi connectivity index (χ1) is 9.00. The molecule has 6 heteroatoms. The van der Waals surface area contributed by atoms with Crippen LogP contribution in [-0.2, 0) is 9.59 Å². The molecule has 2 aliphatic rings. The maximum Gasteiger partial charge on any atom is 0.224 e. The van der Waals surface area contributed by atoms with Crippen molar-refractivity contribution in [3.8, 4) is 0 Å². The Bertz CT molecular complexity index is 360. The van der Waals surface area contributed by atoms with Crippen LogP contribution in [0.15, 0.2) is 0 Å². The number of nitrogens with zero attached hydrogens (tertiary/aromatic N) is 1. The summed E-state index contributed by atoms with van der Waals surface area (Å²) in [5.74, 6) is 1.24. The summed E-state index contributed by atoms with van der Waals surface area (Å²) >= 11 is 0. The Hall–Kier alpha value is -0.810. The zero-order valence-electron chi connectivity index (χ0n) is 12.3. The van der Waals surface area contributed by atoms with Crippen LogP contribution >= 0.6 is 12.4 Å². The molecule has 2 rings (SSSR count). The molecule has 0 aromatic heterocycles. The molecule has 2 aliphatic carbocycles. The van der Waals surface area contributed by atoms with Crippen molar-refractivity contribution in [2.45, 2.75) is 38.1 Å². The highest BCUT2D eigenvalue weighted by molar-refractivity contribution is 5.85. The zero-order valence-corrected chi connectivity index (χ0v) is 13.1. The quantitative estimate of drug-likeness (QED) is 0.737. The first-order valence-electron chi connectivity index (χ1n) is 7.24. The maximum absolute atomic E-state index is 12.1. The number of carbonyl (C=O) groups excluding carboxylic acids is 2. The van der Waals surface area contributed by atoms with E-state index in [1.54, 1.807) is 19.0 Å². The van der Waals surface area contributed by atoms with Gasteiger partial charge in [0.15, 0.2) is 0 Å². The van der Waals surface area contributed by atoms with Crippen molar-refractivity contribution in [3.05, 3.63) is 0 Å². The molecule has 0 aliphatic heterocycles. The summed E-state index contributed by atoms with van der Waals surface area (Å²) in [6, 6.07) is 0.0437. The summed E-state index contributed by atoms with van der Waals surface area (Å²) in [7, 11) is 3.49. The minimum absolute atomic E-state index is 0. The van der Waals surface area contributed by atoms with Crippen molar-refractivity contribution in [2.75, 3.05) is 20.6 Å². The van der Waals surface area contributed by atoms with Gasteiger partial charge >= 0.3 is 0 Å². The average molecular weight is 304 g/mol. The average Bonchev–Trinajstić information content (AvgIpc) is 2.94. The molecule has 2 fully saturated rings. The third kappa shape index (κ3) is 3.64. The molecule has 116 valence electrons. The van der Waals surface area contributed by atoms with Gasteiger partial charge in [-0.2, -0.15) is 0 Å². The van der Waals surface area contributed by atoms with Gasteiger partial charge in [-0.05, 0) is 37.5 Å². The van der Waals surface area contributed by atoms with Crippen molar-refractivity contribution in [1.82, 2.24) is 10.2 Å². The first kappa shape index (κ1) is 17.2. The molecule has 2 amide bonds. The fraction of sp³-hybridized carbons (Fsp3) is 0.857. The van der Waals surface area contributed by atoms with E-state index in [2.05, 4.69) is 5.32 Å². The summed E-state index contributed by atoms with van der Waals surface area (Å²) in [6.07, 6.45) is 4.63. The second-order valence-corrected chi connectivity index (χ2v) is 6.12. The Morgan fingerprint density at radius 3 is 2.45 bits per heavy atom. The largest absolute Gasteiger partial charge is 0.356 e. The zero-order chi connectivity index (χ0) is 14.0. The Balaban J connectivity index is 0.00000200. The number of amides is 2. The van der Waals surface area contributed by atoms with E-state index >= 15 is 0 Å². The smallest absolute Gasteiger partial charge is 0.224 e. The second kappa shape index (κ2) is 7.27. The van der Waals surface area contributed by atoms with Crippen molar-refractivity contribution < 1.29 is 9.59 Å². The summed E-state index contributed by atoms with van der Waals surface area (Å²) in [5.41, 5.74) is 6.14. The minimum Gasteiger partial charge on any atom is -0.356 e. The van der Waals surface area contributed by atoms with Crippen LogP contribution in [-0.4, -0.2) is 43.4 Å².